The third-order valence-corrected chi connectivity index (χ3v) is 23.3. The van der Waals surface area contributed by atoms with Crippen LogP contribution in [-0.4, -0.2) is 53.3 Å². The molecule has 1 aliphatic rings. The van der Waals surface area contributed by atoms with Gasteiger partial charge in [0.1, 0.15) is 50.3 Å². The van der Waals surface area contributed by atoms with Gasteiger partial charge < -0.3 is 32.1 Å². The Labute approximate surface area is 700 Å². The van der Waals surface area contributed by atoms with E-state index in [4.69, 9.17) is 78.3 Å². The summed E-state index contributed by atoms with van der Waals surface area (Å²) in [5, 5.41) is 22.3. The zero-order valence-corrected chi connectivity index (χ0v) is 68.0. The van der Waals surface area contributed by atoms with Crippen LogP contribution >= 0.6 is 55.1 Å². The standard InChI is InChI=1S/C37H19N3O2.C25H22BNO3.C18H9BrN2O.C10H7BrO.C8H4Cl2N2/c1-38-26-13-17-33-29(20-26)28-19-24(11-15-32(28)41-33)22-8-6-21(7-9-22)23-10-14-27-25(18-23)12-16-34-35(27)36-37(42-34)40-31-5-3-2-4-30(31)39-36;1-24(2)25(3,4)30-26(29-24)18-9-6-16(7-10-18)17-8-12-22-20(14-17)21-15-19(27-5)11-13-23(21)28-22;19-11-6-7-12-10(9-11)5-8-15-16(12)17-18(22-15)21-14-4-2-1-3-13(14)20-17;11-9-3-1-8-6-10(12)4-2-7(8)5-9;9-7-8(10)12-6-4-2-1-3-5(6)11-7/h2-20H;6-15H,1-4H3;1-9H;1-6,12H;1-4H. The molecule has 118 heavy (non-hydrogen) atoms. The van der Waals surface area contributed by atoms with E-state index < -0.39 is 0 Å². The molecule has 20 heteroatoms. The van der Waals surface area contributed by atoms with Crippen LogP contribution in [0.2, 0.25) is 10.3 Å². The van der Waals surface area contributed by atoms with E-state index >= 15 is 0 Å². The van der Waals surface area contributed by atoms with E-state index in [0.29, 0.717) is 28.6 Å². The van der Waals surface area contributed by atoms with Gasteiger partial charge in [0.05, 0.1) is 68.2 Å². The minimum absolute atomic E-state index is 0.246. The van der Waals surface area contributed by atoms with Crippen molar-refractivity contribution in [3.05, 3.63) is 333 Å². The molecule has 0 atom stereocenters. The lowest BCUT2D eigenvalue weighted by Gasteiger charge is -2.32. The van der Waals surface area contributed by atoms with Gasteiger partial charge in [-0.3, -0.25) is 0 Å². The number of fused-ring (bicyclic) bond motifs is 20. The Hall–Kier alpha value is -13.4. The maximum atomic E-state index is 9.19. The first-order chi connectivity index (χ1) is 57.3. The van der Waals surface area contributed by atoms with E-state index in [2.05, 4.69) is 199 Å². The third-order valence-electron chi connectivity index (χ3n) is 21.6. The van der Waals surface area contributed by atoms with Gasteiger partial charge in [-0.05, 0) is 238 Å². The molecule has 1 fully saturated rings. The van der Waals surface area contributed by atoms with Crippen LogP contribution in [0.3, 0.4) is 0 Å². The molecule has 8 heterocycles. The number of aromatic hydroxyl groups is 1. The summed E-state index contributed by atoms with van der Waals surface area (Å²) in [4.78, 5) is 34.2. The van der Waals surface area contributed by atoms with Crippen molar-refractivity contribution in [1.29, 1.82) is 0 Å². The second-order valence-electron chi connectivity index (χ2n) is 29.6. The molecule has 0 spiro atoms. The third kappa shape index (κ3) is 14.3. The fourth-order valence-corrected chi connectivity index (χ4v) is 16.0. The molecule has 0 saturated carbocycles. The normalized spacial score (nSPS) is 13.0. The Kier molecular flexibility index (Phi) is 19.2. The SMILES string of the molecule is Brc1ccc2c(ccc3oc4nc5ccccc5nc4c32)c1.Clc1nc2ccccc2nc1Cl.Oc1ccc2cc(Br)ccc2c1.[C-]#[N+]c1ccc2oc3ccc(-c4ccc(-c5ccc6c(ccc7oc8nc9ccccc9nc8c76)c5)cc4)cc3c2c1.[C-]#[N+]c1ccc2oc3ccc(-c4ccc(B5OC(C)(C)C(C)(C)O5)cc4)cc3c2c1. The summed E-state index contributed by atoms with van der Waals surface area (Å²) >= 11 is 18.3. The van der Waals surface area contributed by atoms with Crippen LogP contribution in [0.1, 0.15) is 27.7 Å². The molecule has 7 aromatic heterocycles. The van der Waals surface area contributed by atoms with Crippen LogP contribution < -0.4 is 5.46 Å². The molecule has 23 rings (SSSR count). The summed E-state index contributed by atoms with van der Waals surface area (Å²) in [6, 6.07) is 95.8. The molecule has 1 N–H and O–H groups in total. The topological polar surface area (TPSA) is 177 Å². The number of halogens is 4. The lowest BCUT2D eigenvalue weighted by molar-refractivity contribution is 0.00578. The van der Waals surface area contributed by atoms with Gasteiger partial charge in [0.2, 0.25) is 11.4 Å². The first-order valence-electron chi connectivity index (χ1n) is 37.7. The predicted octanol–water partition coefficient (Wildman–Crippen LogP) is 28.3. The summed E-state index contributed by atoms with van der Waals surface area (Å²) in [6.07, 6.45) is 0. The number of benzene rings is 15. The van der Waals surface area contributed by atoms with E-state index in [0.717, 1.165) is 190 Å². The Balaban J connectivity index is 0.000000106. The van der Waals surface area contributed by atoms with Crippen molar-refractivity contribution in [3.63, 3.8) is 0 Å². The van der Waals surface area contributed by atoms with Gasteiger partial charge in [0.25, 0.3) is 0 Å². The molecule has 15 aromatic carbocycles. The number of phenols is 1. The van der Waals surface area contributed by atoms with Crippen molar-refractivity contribution < 1.29 is 32.1 Å². The van der Waals surface area contributed by atoms with Gasteiger partial charge in [0.15, 0.2) is 21.7 Å². The average Bonchev–Trinajstić information content (AvgIpc) is 1.59. The largest absolute Gasteiger partial charge is 0.508 e. The zero-order chi connectivity index (χ0) is 80.7. The van der Waals surface area contributed by atoms with Gasteiger partial charge in [-0.2, -0.15) is 0 Å². The van der Waals surface area contributed by atoms with Gasteiger partial charge >= 0.3 is 7.12 Å². The molecule has 0 aliphatic carbocycles. The lowest BCUT2D eigenvalue weighted by atomic mass is 9.78. The van der Waals surface area contributed by atoms with Crippen molar-refractivity contribution in [1.82, 2.24) is 29.9 Å². The highest BCUT2D eigenvalue weighted by Gasteiger charge is 2.51. The van der Waals surface area contributed by atoms with E-state index in [9.17, 15) is 5.11 Å². The number of hydrogen-bond donors (Lipinski definition) is 1. The summed E-state index contributed by atoms with van der Waals surface area (Å²) in [5.41, 5.74) is 20.8. The lowest BCUT2D eigenvalue weighted by Crippen LogP contribution is -2.41. The maximum absolute atomic E-state index is 9.19. The zero-order valence-electron chi connectivity index (χ0n) is 63.3. The second kappa shape index (κ2) is 30.3. The Morgan fingerprint density at radius 1 is 0.331 bits per heavy atom. The summed E-state index contributed by atoms with van der Waals surface area (Å²) < 4.78 is 38.4. The maximum Gasteiger partial charge on any atom is 0.494 e. The second-order valence-corrected chi connectivity index (χ2v) is 32.1. The molecular weight excluding hydrogens is 1640 g/mol. The van der Waals surface area contributed by atoms with Crippen LogP contribution in [0.15, 0.2) is 318 Å². The minimum atomic E-state index is -0.364. The predicted molar refractivity (Wildman–Crippen MR) is 485 cm³/mol. The molecule has 15 nitrogen and oxygen atoms in total. The van der Waals surface area contributed by atoms with Crippen molar-refractivity contribution in [2.75, 3.05) is 0 Å². The fourth-order valence-electron chi connectivity index (χ4n) is 14.9. The highest BCUT2D eigenvalue weighted by Crippen LogP contribution is 2.42. The highest BCUT2D eigenvalue weighted by molar-refractivity contribution is 9.10. The first kappa shape index (κ1) is 74.7. The smallest absolute Gasteiger partial charge is 0.494 e. The Morgan fingerprint density at radius 3 is 1.15 bits per heavy atom. The van der Waals surface area contributed by atoms with Gasteiger partial charge in [-0.25, -0.2) is 39.6 Å². The first-order valence-corrected chi connectivity index (χ1v) is 40.1. The number of nitrogens with zero attached hydrogens (tertiary/aromatic N) is 8. The summed E-state index contributed by atoms with van der Waals surface area (Å²) in [7, 11) is -0.364. The van der Waals surface area contributed by atoms with Gasteiger partial charge in [-0.15, -0.1) is 0 Å². The molecule has 0 radical (unpaired) electrons. The molecule has 566 valence electrons. The number of para-hydroxylation sites is 6. The van der Waals surface area contributed by atoms with Crippen LogP contribution in [0, 0.1) is 13.1 Å². The quantitative estimate of drug-likeness (QED) is 0.130. The molecular formula is C98H61BBr2Cl2N8O7. The molecule has 1 aliphatic heterocycles. The Morgan fingerprint density at radius 2 is 0.678 bits per heavy atom. The van der Waals surface area contributed by atoms with Crippen LogP contribution in [-0.2, 0) is 9.31 Å². The number of phenolic OH excluding ortho intramolecular Hbond substituents is 1. The Bertz CT molecular complexity index is 7820. The van der Waals surface area contributed by atoms with E-state index in [1.807, 2.05) is 152 Å². The molecule has 22 aromatic rings. The van der Waals surface area contributed by atoms with E-state index in [-0.39, 0.29) is 28.6 Å². The van der Waals surface area contributed by atoms with Gasteiger partial charge in [0, 0.05) is 30.5 Å². The molecule has 0 unspecified atom stereocenters. The molecule has 0 bridgehead atoms. The number of aromatic nitrogens is 6. The summed E-state index contributed by atoms with van der Waals surface area (Å²) in [6.45, 7) is 22.9. The van der Waals surface area contributed by atoms with E-state index in [1.54, 1.807) is 24.3 Å². The van der Waals surface area contributed by atoms with E-state index in [1.165, 1.54) is 0 Å². The fraction of sp³-hybridized carbons (Fsp3) is 0.0612. The van der Waals surface area contributed by atoms with Gasteiger partial charge in [-0.1, -0.05) is 207 Å². The number of rotatable bonds is 4. The van der Waals surface area contributed by atoms with Crippen LogP contribution in [0.5, 0.6) is 5.75 Å². The minimum Gasteiger partial charge on any atom is -0.508 e. The van der Waals surface area contributed by atoms with Crippen molar-refractivity contribution in [3.8, 4) is 39.1 Å². The van der Waals surface area contributed by atoms with Crippen LogP contribution in [0.25, 0.3) is 197 Å². The molecule has 0 amide bonds. The molecule has 1 saturated heterocycles. The summed E-state index contributed by atoms with van der Waals surface area (Å²) in [5.74, 6) is 0.310. The van der Waals surface area contributed by atoms with Crippen molar-refractivity contribution in [2.45, 2.75) is 38.9 Å². The number of furan rings is 4. The van der Waals surface area contributed by atoms with Crippen molar-refractivity contribution in [2.24, 2.45) is 0 Å². The van der Waals surface area contributed by atoms with Crippen molar-refractivity contribution >= 4 is 233 Å². The number of hydrogen-bond acceptors (Lipinski definition) is 13. The monoisotopic (exact) mass is 1700 g/mol. The highest BCUT2D eigenvalue weighted by atomic mass is 79.9. The average molecular weight is 1700 g/mol. The van der Waals surface area contributed by atoms with Crippen LogP contribution in [0.4, 0.5) is 11.4 Å².